The van der Waals surface area contributed by atoms with Gasteiger partial charge in [-0.25, -0.2) is 9.67 Å². The van der Waals surface area contributed by atoms with Gasteiger partial charge in [0, 0.05) is 23.0 Å². The molecule has 6 heteroatoms. The second-order valence-electron chi connectivity index (χ2n) is 4.75. The molecule has 0 radical (unpaired) electrons. The van der Waals surface area contributed by atoms with Crippen LogP contribution in [0.1, 0.15) is 18.2 Å². The molecule has 0 aliphatic heterocycles. The maximum Gasteiger partial charge on any atom is 0.274 e. The second kappa shape index (κ2) is 6.05. The van der Waals surface area contributed by atoms with E-state index in [1.807, 2.05) is 24.3 Å². The van der Waals surface area contributed by atoms with E-state index < -0.39 is 0 Å². The van der Waals surface area contributed by atoms with E-state index >= 15 is 0 Å². The summed E-state index contributed by atoms with van der Waals surface area (Å²) in [6.07, 6.45) is 4.58. The minimum absolute atomic E-state index is 0.0652. The van der Waals surface area contributed by atoms with Crippen LogP contribution < -0.4 is 10.9 Å². The van der Waals surface area contributed by atoms with Gasteiger partial charge < -0.3 is 5.32 Å². The first-order valence-electron chi connectivity index (χ1n) is 6.91. The molecule has 0 aliphatic rings. The van der Waals surface area contributed by atoms with Crippen LogP contribution in [0.15, 0.2) is 41.5 Å². The van der Waals surface area contributed by atoms with Crippen molar-refractivity contribution < 1.29 is 0 Å². The molecule has 1 aromatic carbocycles. The van der Waals surface area contributed by atoms with Crippen LogP contribution >= 0.6 is 11.3 Å². The fourth-order valence-corrected chi connectivity index (χ4v) is 2.90. The number of hydrogen-bond donors (Lipinski definition) is 1. The average Bonchev–Trinajstić information content (AvgIpc) is 2.96. The maximum absolute atomic E-state index is 12.4. The highest BCUT2D eigenvalue weighted by atomic mass is 32.1. The van der Waals surface area contributed by atoms with Gasteiger partial charge >= 0.3 is 0 Å². The number of fused-ring (bicyclic) bond motifs is 1. The van der Waals surface area contributed by atoms with Crippen LogP contribution in [0.2, 0.25) is 0 Å². The van der Waals surface area contributed by atoms with Gasteiger partial charge in [0.1, 0.15) is 0 Å². The minimum atomic E-state index is -0.0652. The molecule has 2 aromatic heterocycles. The van der Waals surface area contributed by atoms with Crippen LogP contribution in [0.4, 0.5) is 5.13 Å². The molecular weight excluding hydrogens is 284 g/mol. The Morgan fingerprint density at radius 1 is 1.29 bits per heavy atom. The van der Waals surface area contributed by atoms with Gasteiger partial charge in [0.15, 0.2) is 5.13 Å². The molecule has 0 unspecified atom stereocenters. The number of rotatable bonds is 5. The van der Waals surface area contributed by atoms with Gasteiger partial charge in [-0.05, 0) is 12.5 Å². The Balaban J connectivity index is 1.86. The zero-order valence-corrected chi connectivity index (χ0v) is 12.6. The zero-order valence-electron chi connectivity index (χ0n) is 11.7. The Kier molecular flexibility index (Phi) is 3.96. The number of nitrogens with zero attached hydrogens (tertiary/aromatic N) is 3. The molecule has 3 aromatic rings. The van der Waals surface area contributed by atoms with E-state index in [1.165, 1.54) is 4.68 Å². The van der Waals surface area contributed by atoms with E-state index in [1.54, 1.807) is 23.7 Å². The number of thiazole rings is 1. The van der Waals surface area contributed by atoms with E-state index in [0.29, 0.717) is 11.9 Å². The molecule has 5 nitrogen and oxygen atoms in total. The van der Waals surface area contributed by atoms with Crippen molar-refractivity contribution in [1.82, 2.24) is 14.8 Å². The fourth-order valence-electron chi connectivity index (χ4n) is 2.08. The monoisotopic (exact) mass is 300 g/mol. The number of hydrogen-bond acceptors (Lipinski definition) is 5. The number of aromatic nitrogens is 3. The smallest absolute Gasteiger partial charge is 0.274 e. The summed E-state index contributed by atoms with van der Waals surface area (Å²) in [6.45, 7) is 3.47. The van der Waals surface area contributed by atoms with Gasteiger partial charge in [-0.15, -0.1) is 11.3 Å². The summed E-state index contributed by atoms with van der Waals surface area (Å²) in [4.78, 5) is 17.7. The number of benzene rings is 1. The predicted octanol–water partition coefficient (Wildman–Crippen LogP) is 2.72. The van der Waals surface area contributed by atoms with Crippen LogP contribution in [0.3, 0.4) is 0 Å². The standard InChI is InChI=1S/C15H16N4OS/c1-2-7-16-15-17-9-12(21-15)10-19-14(20)13-6-4-3-5-11(13)8-18-19/h3-6,8-9H,2,7,10H2,1H3,(H,16,17). The molecule has 0 spiro atoms. The molecule has 21 heavy (non-hydrogen) atoms. The molecule has 0 atom stereocenters. The summed E-state index contributed by atoms with van der Waals surface area (Å²) in [7, 11) is 0. The van der Waals surface area contributed by atoms with Gasteiger partial charge in [0.25, 0.3) is 5.56 Å². The van der Waals surface area contributed by atoms with Crippen molar-refractivity contribution in [2.75, 3.05) is 11.9 Å². The third-order valence-corrected chi connectivity index (χ3v) is 4.09. The lowest BCUT2D eigenvalue weighted by Gasteiger charge is -2.03. The van der Waals surface area contributed by atoms with Crippen LogP contribution in [0.5, 0.6) is 0 Å². The molecule has 2 heterocycles. The summed E-state index contributed by atoms with van der Waals surface area (Å²) in [5.41, 5.74) is -0.0652. The largest absolute Gasteiger partial charge is 0.362 e. The molecule has 3 rings (SSSR count). The second-order valence-corrected chi connectivity index (χ2v) is 5.87. The summed E-state index contributed by atoms with van der Waals surface area (Å²) >= 11 is 1.56. The highest BCUT2D eigenvalue weighted by Crippen LogP contribution is 2.18. The van der Waals surface area contributed by atoms with E-state index in [4.69, 9.17) is 0 Å². The number of anilines is 1. The Labute approximate surface area is 126 Å². The van der Waals surface area contributed by atoms with Crippen LogP contribution in [0.25, 0.3) is 10.8 Å². The molecule has 108 valence electrons. The van der Waals surface area contributed by atoms with E-state index in [-0.39, 0.29) is 5.56 Å². The summed E-state index contributed by atoms with van der Waals surface area (Å²) in [5.74, 6) is 0. The minimum Gasteiger partial charge on any atom is -0.362 e. The van der Waals surface area contributed by atoms with E-state index in [0.717, 1.165) is 28.4 Å². The third kappa shape index (κ3) is 2.95. The Morgan fingerprint density at radius 3 is 3.00 bits per heavy atom. The van der Waals surface area contributed by atoms with Gasteiger partial charge in [-0.3, -0.25) is 4.79 Å². The van der Waals surface area contributed by atoms with Gasteiger partial charge in [0.05, 0.1) is 18.1 Å². The van der Waals surface area contributed by atoms with Crippen molar-refractivity contribution in [3.8, 4) is 0 Å². The Hall–Kier alpha value is -2.21. The lowest BCUT2D eigenvalue weighted by molar-refractivity contribution is 0.653. The van der Waals surface area contributed by atoms with Crippen LogP contribution in [-0.4, -0.2) is 21.3 Å². The van der Waals surface area contributed by atoms with Crippen LogP contribution in [0, 0.1) is 0 Å². The first-order valence-corrected chi connectivity index (χ1v) is 7.73. The van der Waals surface area contributed by atoms with Crippen molar-refractivity contribution in [3.63, 3.8) is 0 Å². The van der Waals surface area contributed by atoms with Crippen molar-refractivity contribution >= 4 is 27.2 Å². The first-order chi connectivity index (χ1) is 10.3. The van der Waals surface area contributed by atoms with Crippen molar-refractivity contribution in [2.45, 2.75) is 19.9 Å². The summed E-state index contributed by atoms with van der Waals surface area (Å²) in [6, 6.07) is 7.50. The summed E-state index contributed by atoms with van der Waals surface area (Å²) < 4.78 is 1.49. The lowest BCUT2D eigenvalue weighted by Crippen LogP contribution is -2.22. The third-order valence-electron chi connectivity index (χ3n) is 3.15. The maximum atomic E-state index is 12.4. The molecular formula is C15H16N4OS. The number of nitrogens with one attached hydrogen (secondary N) is 1. The highest BCUT2D eigenvalue weighted by Gasteiger charge is 2.07. The van der Waals surface area contributed by atoms with Crippen molar-refractivity contribution in [1.29, 1.82) is 0 Å². The Morgan fingerprint density at radius 2 is 2.14 bits per heavy atom. The van der Waals surface area contributed by atoms with Gasteiger partial charge in [-0.1, -0.05) is 25.1 Å². The quantitative estimate of drug-likeness (QED) is 0.787. The molecule has 0 saturated carbocycles. The highest BCUT2D eigenvalue weighted by molar-refractivity contribution is 7.15. The molecule has 1 N–H and O–H groups in total. The fraction of sp³-hybridized carbons (Fsp3) is 0.267. The average molecular weight is 300 g/mol. The lowest BCUT2D eigenvalue weighted by atomic mass is 10.2. The van der Waals surface area contributed by atoms with E-state index in [9.17, 15) is 4.79 Å². The summed E-state index contributed by atoms with van der Waals surface area (Å²) in [5, 5.41) is 9.93. The molecule has 0 saturated heterocycles. The molecule has 0 bridgehead atoms. The Bertz CT molecular complexity index is 809. The van der Waals surface area contributed by atoms with E-state index in [2.05, 4.69) is 22.3 Å². The molecule has 0 aliphatic carbocycles. The predicted molar refractivity (Wildman–Crippen MR) is 86.0 cm³/mol. The molecule has 0 fully saturated rings. The van der Waals surface area contributed by atoms with Crippen molar-refractivity contribution in [3.05, 3.63) is 51.9 Å². The van der Waals surface area contributed by atoms with Crippen LogP contribution in [-0.2, 0) is 6.54 Å². The molecule has 0 amide bonds. The first kappa shape index (κ1) is 13.8. The van der Waals surface area contributed by atoms with Gasteiger partial charge in [-0.2, -0.15) is 5.10 Å². The van der Waals surface area contributed by atoms with Crippen molar-refractivity contribution in [2.24, 2.45) is 0 Å². The van der Waals surface area contributed by atoms with Gasteiger partial charge in [0.2, 0.25) is 0 Å². The topological polar surface area (TPSA) is 59.8 Å². The zero-order chi connectivity index (χ0) is 14.7. The normalized spacial score (nSPS) is 10.9. The SMILES string of the molecule is CCCNc1ncc(Cn2ncc3ccccc3c2=O)s1.